The van der Waals surface area contributed by atoms with Crippen LogP contribution in [0.2, 0.25) is 0 Å². The Morgan fingerprint density at radius 2 is 1.95 bits per heavy atom. The molecule has 3 heteroatoms. The zero-order valence-electron chi connectivity index (χ0n) is 13.1. The molecule has 0 bridgehead atoms. The molecule has 2 atom stereocenters. The number of ether oxygens (including phenoxy) is 1. The van der Waals surface area contributed by atoms with Gasteiger partial charge in [-0.2, -0.15) is 0 Å². The molecule has 0 spiro atoms. The first kappa shape index (κ1) is 17.0. The Morgan fingerprint density at radius 1 is 1.20 bits per heavy atom. The second-order valence-electron chi connectivity index (χ2n) is 5.27. The third-order valence-electron chi connectivity index (χ3n) is 3.63. The number of aliphatic hydroxyl groups excluding tert-OH is 1. The van der Waals surface area contributed by atoms with Gasteiger partial charge in [-0.25, -0.2) is 0 Å². The van der Waals surface area contributed by atoms with Crippen molar-refractivity contribution in [2.45, 2.75) is 46.1 Å². The maximum atomic E-state index is 9.11. The minimum Gasteiger partial charge on any atom is -0.494 e. The fourth-order valence-electron chi connectivity index (χ4n) is 2.52. The van der Waals surface area contributed by atoms with Gasteiger partial charge in [-0.1, -0.05) is 31.5 Å². The zero-order chi connectivity index (χ0) is 14.8. The van der Waals surface area contributed by atoms with Crippen LogP contribution in [0.4, 0.5) is 0 Å². The third kappa shape index (κ3) is 5.51. The minimum absolute atomic E-state index is 0.260. The smallest absolute Gasteiger partial charge is 0.124 e. The van der Waals surface area contributed by atoms with E-state index >= 15 is 0 Å². The van der Waals surface area contributed by atoms with Gasteiger partial charge >= 0.3 is 0 Å². The summed E-state index contributed by atoms with van der Waals surface area (Å²) in [5, 5.41) is 12.7. The van der Waals surface area contributed by atoms with Gasteiger partial charge in [0.05, 0.1) is 6.61 Å². The molecule has 1 aromatic carbocycles. The fraction of sp³-hybridized carbons (Fsp3) is 0.647. The van der Waals surface area contributed by atoms with Crippen LogP contribution < -0.4 is 10.1 Å². The predicted molar refractivity (Wildman–Crippen MR) is 84.1 cm³/mol. The standard InChI is InChI=1S/C17H29NO2/c1-4-8-15(11-12-19)13-18-14(3)16-9-6-7-10-17(16)20-5-2/h6-7,9-10,14-15,18-19H,4-5,8,11-13H2,1-3H3. The highest BCUT2D eigenvalue weighted by Gasteiger charge is 2.13. The summed E-state index contributed by atoms with van der Waals surface area (Å²) < 4.78 is 5.68. The Morgan fingerprint density at radius 3 is 2.60 bits per heavy atom. The lowest BCUT2D eigenvalue weighted by Crippen LogP contribution is -2.26. The average molecular weight is 279 g/mol. The van der Waals surface area contributed by atoms with Gasteiger partial charge in [0.25, 0.3) is 0 Å². The number of hydrogen-bond acceptors (Lipinski definition) is 3. The average Bonchev–Trinajstić information content (AvgIpc) is 2.46. The zero-order valence-corrected chi connectivity index (χ0v) is 13.1. The van der Waals surface area contributed by atoms with Crippen molar-refractivity contribution in [1.82, 2.24) is 5.32 Å². The Labute approximate surface area is 123 Å². The minimum atomic E-state index is 0.260. The second-order valence-corrected chi connectivity index (χ2v) is 5.27. The van der Waals surface area contributed by atoms with Crippen LogP contribution in [0.5, 0.6) is 5.75 Å². The second kappa shape index (κ2) is 9.78. The molecule has 0 aliphatic carbocycles. The van der Waals surface area contributed by atoms with Gasteiger partial charge in [0.2, 0.25) is 0 Å². The van der Waals surface area contributed by atoms with E-state index in [4.69, 9.17) is 9.84 Å². The highest BCUT2D eigenvalue weighted by Crippen LogP contribution is 2.25. The highest BCUT2D eigenvalue weighted by atomic mass is 16.5. The van der Waals surface area contributed by atoms with Gasteiger partial charge in [-0.3, -0.25) is 0 Å². The number of hydrogen-bond donors (Lipinski definition) is 2. The molecule has 0 radical (unpaired) electrons. The SMILES string of the molecule is CCCC(CCO)CNC(C)c1ccccc1OCC. The molecule has 3 nitrogen and oxygen atoms in total. The van der Waals surface area contributed by atoms with Crippen molar-refractivity contribution in [3.63, 3.8) is 0 Å². The molecule has 0 fully saturated rings. The van der Waals surface area contributed by atoms with Gasteiger partial charge in [-0.05, 0) is 45.2 Å². The van der Waals surface area contributed by atoms with Crippen LogP contribution in [0.15, 0.2) is 24.3 Å². The first-order valence-corrected chi connectivity index (χ1v) is 7.78. The Kier molecular flexibility index (Phi) is 8.31. The molecule has 0 heterocycles. The van der Waals surface area contributed by atoms with Crippen LogP contribution in [0.3, 0.4) is 0 Å². The number of nitrogens with one attached hydrogen (secondary N) is 1. The molecule has 2 N–H and O–H groups in total. The van der Waals surface area contributed by atoms with Crippen molar-refractivity contribution >= 4 is 0 Å². The maximum Gasteiger partial charge on any atom is 0.124 e. The number of aliphatic hydroxyl groups is 1. The summed E-state index contributed by atoms with van der Waals surface area (Å²) in [5.41, 5.74) is 1.20. The molecule has 1 aromatic rings. The molecule has 0 aromatic heterocycles. The molecule has 0 saturated carbocycles. The van der Waals surface area contributed by atoms with Crippen molar-refractivity contribution in [2.24, 2.45) is 5.92 Å². The van der Waals surface area contributed by atoms with Gasteiger partial charge in [0.1, 0.15) is 5.75 Å². The highest BCUT2D eigenvalue weighted by molar-refractivity contribution is 5.35. The molecule has 0 aliphatic rings. The molecule has 1 rings (SSSR count). The largest absolute Gasteiger partial charge is 0.494 e. The lowest BCUT2D eigenvalue weighted by Gasteiger charge is -2.21. The summed E-state index contributed by atoms with van der Waals surface area (Å²) in [7, 11) is 0. The number of para-hydroxylation sites is 1. The quantitative estimate of drug-likeness (QED) is 0.688. The molecule has 0 aliphatic heterocycles. The van der Waals surface area contributed by atoms with E-state index < -0.39 is 0 Å². The van der Waals surface area contributed by atoms with E-state index in [2.05, 4.69) is 25.2 Å². The van der Waals surface area contributed by atoms with E-state index in [1.807, 2.05) is 25.1 Å². The lowest BCUT2D eigenvalue weighted by molar-refractivity contribution is 0.245. The van der Waals surface area contributed by atoms with Crippen LogP contribution >= 0.6 is 0 Å². The van der Waals surface area contributed by atoms with Crippen molar-refractivity contribution < 1.29 is 9.84 Å². The van der Waals surface area contributed by atoms with E-state index in [0.717, 1.165) is 31.6 Å². The van der Waals surface area contributed by atoms with Crippen LogP contribution in [0.1, 0.15) is 51.6 Å². The summed E-state index contributed by atoms with van der Waals surface area (Å²) in [6, 6.07) is 8.45. The van der Waals surface area contributed by atoms with Crippen molar-refractivity contribution in [3.05, 3.63) is 29.8 Å². The van der Waals surface area contributed by atoms with Crippen molar-refractivity contribution in [3.8, 4) is 5.75 Å². The summed E-state index contributed by atoms with van der Waals surface area (Å²) in [5.74, 6) is 1.51. The third-order valence-corrected chi connectivity index (χ3v) is 3.63. The molecular weight excluding hydrogens is 250 g/mol. The fourth-order valence-corrected chi connectivity index (χ4v) is 2.52. The van der Waals surface area contributed by atoms with Gasteiger partial charge in [-0.15, -0.1) is 0 Å². The first-order chi connectivity index (χ1) is 9.72. The van der Waals surface area contributed by atoms with E-state index in [0.29, 0.717) is 12.5 Å². The summed E-state index contributed by atoms with van der Waals surface area (Å²) in [4.78, 5) is 0. The van der Waals surface area contributed by atoms with Crippen LogP contribution in [0, 0.1) is 5.92 Å². The number of rotatable bonds is 10. The summed E-state index contributed by atoms with van der Waals surface area (Å²) in [6.07, 6.45) is 3.20. The van der Waals surface area contributed by atoms with Crippen molar-refractivity contribution in [1.29, 1.82) is 0 Å². The molecule has 2 unspecified atom stereocenters. The molecule has 0 saturated heterocycles. The first-order valence-electron chi connectivity index (χ1n) is 7.78. The van der Waals surface area contributed by atoms with E-state index in [1.54, 1.807) is 0 Å². The van der Waals surface area contributed by atoms with Crippen LogP contribution in [-0.4, -0.2) is 24.9 Å². The van der Waals surface area contributed by atoms with E-state index in [1.165, 1.54) is 5.56 Å². The molecular formula is C17H29NO2. The predicted octanol–water partition coefficient (Wildman–Crippen LogP) is 3.53. The lowest BCUT2D eigenvalue weighted by atomic mass is 9.99. The van der Waals surface area contributed by atoms with Crippen molar-refractivity contribution in [2.75, 3.05) is 19.8 Å². The van der Waals surface area contributed by atoms with Gasteiger partial charge < -0.3 is 15.2 Å². The van der Waals surface area contributed by atoms with E-state index in [9.17, 15) is 0 Å². The monoisotopic (exact) mass is 279 g/mol. The summed E-state index contributed by atoms with van der Waals surface area (Å²) in [6.45, 7) is 8.27. The van der Waals surface area contributed by atoms with Crippen LogP contribution in [-0.2, 0) is 0 Å². The summed E-state index contributed by atoms with van der Waals surface area (Å²) >= 11 is 0. The normalized spacial score (nSPS) is 14.0. The van der Waals surface area contributed by atoms with Gasteiger partial charge in [0, 0.05) is 18.2 Å². The Hall–Kier alpha value is -1.06. The number of benzene rings is 1. The molecule has 20 heavy (non-hydrogen) atoms. The maximum absolute atomic E-state index is 9.11. The van der Waals surface area contributed by atoms with Crippen LogP contribution in [0.25, 0.3) is 0 Å². The topological polar surface area (TPSA) is 41.5 Å². The van der Waals surface area contributed by atoms with E-state index in [-0.39, 0.29) is 12.6 Å². The Balaban J connectivity index is 2.59. The molecule has 114 valence electrons. The van der Waals surface area contributed by atoms with Gasteiger partial charge in [0.15, 0.2) is 0 Å². The molecule has 0 amide bonds. The Bertz CT molecular complexity index is 362.